The van der Waals surface area contributed by atoms with Gasteiger partial charge in [0.1, 0.15) is 12.8 Å². The highest BCUT2D eigenvalue weighted by Crippen LogP contribution is 2.30. The Morgan fingerprint density at radius 2 is 1.78 bits per heavy atom. The Balaban J connectivity index is 1.29. The third-order valence-corrected chi connectivity index (χ3v) is 7.03. The molecule has 0 spiro atoms. The predicted molar refractivity (Wildman–Crippen MR) is 131 cm³/mol. The SMILES string of the molecule is CON=C(c1ccc(C(F)(F)F)nc1)C1CCN(C(=O)C2CCN(Cc3cccc(N)c3)CC2)CC1. The van der Waals surface area contributed by atoms with Gasteiger partial charge in [0.2, 0.25) is 5.91 Å². The highest BCUT2D eigenvalue weighted by molar-refractivity contribution is 6.01. The molecule has 2 saturated heterocycles. The van der Waals surface area contributed by atoms with E-state index >= 15 is 0 Å². The Kier molecular flexibility index (Phi) is 8.13. The van der Waals surface area contributed by atoms with E-state index in [4.69, 9.17) is 10.6 Å². The average Bonchev–Trinajstić information content (AvgIpc) is 2.87. The van der Waals surface area contributed by atoms with Crippen LogP contribution in [0, 0.1) is 11.8 Å². The summed E-state index contributed by atoms with van der Waals surface area (Å²) in [5, 5.41) is 4.10. The number of oxime groups is 1. The molecule has 1 amide bonds. The number of hydrogen-bond donors (Lipinski definition) is 1. The number of likely N-dealkylation sites (tertiary alicyclic amines) is 2. The van der Waals surface area contributed by atoms with Gasteiger partial charge in [-0.05, 0) is 68.6 Å². The molecular formula is C26H32F3N5O2. The number of hydrogen-bond acceptors (Lipinski definition) is 6. The number of nitrogens with two attached hydrogens (primary N) is 1. The Bertz CT molecular complexity index is 1060. The molecule has 2 N–H and O–H groups in total. The number of alkyl halides is 3. The standard InChI is InChI=1S/C26H32F3N5O2/c1-36-32-24(21-5-6-23(31-16-21)26(27,28)29)19-9-13-34(14-10-19)25(35)20-7-11-33(12-8-20)17-18-3-2-4-22(30)15-18/h2-6,15-16,19-20H,7-14,17,30H2,1H3. The maximum Gasteiger partial charge on any atom is 0.433 e. The van der Waals surface area contributed by atoms with Crippen molar-refractivity contribution in [1.82, 2.24) is 14.8 Å². The van der Waals surface area contributed by atoms with E-state index in [1.807, 2.05) is 23.1 Å². The van der Waals surface area contributed by atoms with Gasteiger partial charge in [-0.25, -0.2) is 0 Å². The number of anilines is 1. The van der Waals surface area contributed by atoms with Crippen LogP contribution in [0.2, 0.25) is 0 Å². The lowest BCUT2D eigenvalue weighted by atomic mass is 9.87. The number of nitrogens with zero attached hydrogens (tertiary/aromatic N) is 4. The van der Waals surface area contributed by atoms with Crippen molar-refractivity contribution in [3.05, 3.63) is 59.4 Å². The zero-order chi connectivity index (χ0) is 25.7. The molecule has 4 rings (SSSR count). The number of aromatic nitrogens is 1. The number of carbonyl (C=O) groups excluding carboxylic acids is 1. The fraction of sp³-hybridized carbons (Fsp3) is 0.500. The van der Waals surface area contributed by atoms with Crippen LogP contribution in [0.25, 0.3) is 0 Å². The highest BCUT2D eigenvalue weighted by Gasteiger charge is 2.34. The topological polar surface area (TPSA) is 84.1 Å². The van der Waals surface area contributed by atoms with Crippen molar-refractivity contribution in [2.45, 2.75) is 38.4 Å². The summed E-state index contributed by atoms with van der Waals surface area (Å²) in [6.45, 7) is 3.74. The van der Waals surface area contributed by atoms with Crippen molar-refractivity contribution in [3.63, 3.8) is 0 Å². The van der Waals surface area contributed by atoms with Crippen LogP contribution in [0.1, 0.15) is 42.5 Å². The molecule has 194 valence electrons. The van der Waals surface area contributed by atoms with E-state index in [0.29, 0.717) is 37.2 Å². The second-order valence-electron chi connectivity index (χ2n) is 9.48. The largest absolute Gasteiger partial charge is 0.433 e. The van der Waals surface area contributed by atoms with Crippen LogP contribution in [0.15, 0.2) is 47.8 Å². The number of benzene rings is 1. The molecule has 0 unspecified atom stereocenters. The second kappa shape index (κ2) is 11.3. The fourth-order valence-corrected chi connectivity index (χ4v) is 5.09. The molecule has 0 saturated carbocycles. The van der Waals surface area contributed by atoms with E-state index in [9.17, 15) is 18.0 Å². The number of amides is 1. The zero-order valence-corrected chi connectivity index (χ0v) is 20.4. The number of carbonyl (C=O) groups is 1. The number of rotatable bonds is 6. The minimum Gasteiger partial charge on any atom is -0.399 e. The molecule has 2 aromatic rings. The summed E-state index contributed by atoms with van der Waals surface area (Å²) in [7, 11) is 1.41. The van der Waals surface area contributed by atoms with E-state index in [1.165, 1.54) is 24.9 Å². The molecule has 7 nitrogen and oxygen atoms in total. The number of halogens is 3. The van der Waals surface area contributed by atoms with Crippen LogP contribution in [-0.4, -0.2) is 59.7 Å². The number of pyridine rings is 1. The highest BCUT2D eigenvalue weighted by atomic mass is 19.4. The minimum absolute atomic E-state index is 0.0184. The summed E-state index contributed by atoms with van der Waals surface area (Å²) in [5.74, 6) is 0.191. The molecule has 0 aliphatic carbocycles. The maximum atomic E-state index is 13.2. The smallest absolute Gasteiger partial charge is 0.399 e. The van der Waals surface area contributed by atoms with Crippen molar-refractivity contribution < 1.29 is 22.8 Å². The van der Waals surface area contributed by atoms with Gasteiger partial charge in [-0.2, -0.15) is 13.2 Å². The molecule has 0 bridgehead atoms. The summed E-state index contributed by atoms with van der Waals surface area (Å²) in [5.41, 5.74) is 7.95. The normalized spacial score (nSPS) is 18.9. The molecule has 2 fully saturated rings. The summed E-state index contributed by atoms with van der Waals surface area (Å²) in [4.78, 5) is 26.0. The van der Waals surface area contributed by atoms with Crippen molar-refractivity contribution in [3.8, 4) is 0 Å². The third kappa shape index (κ3) is 6.34. The second-order valence-corrected chi connectivity index (χ2v) is 9.48. The molecule has 10 heteroatoms. The van der Waals surface area contributed by atoms with Crippen molar-refractivity contribution in [2.24, 2.45) is 17.0 Å². The molecule has 36 heavy (non-hydrogen) atoms. The van der Waals surface area contributed by atoms with Gasteiger partial charge in [0.05, 0.1) is 5.71 Å². The molecule has 3 heterocycles. The predicted octanol–water partition coefficient (Wildman–Crippen LogP) is 4.18. The zero-order valence-electron chi connectivity index (χ0n) is 20.4. The molecule has 2 aliphatic rings. The summed E-state index contributed by atoms with van der Waals surface area (Å²) < 4.78 is 38.6. The molecule has 1 aromatic heterocycles. The van der Waals surface area contributed by atoms with Crippen LogP contribution in [-0.2, 0) is 22.4 Å². The Morgan fingerprint density at radius 1 is 1.08 bits per heavy atom. The fourth-order valence-electron chi connectivity index (χ4n) is 5.09. The number of nitrogen functional groups attached to an aromatic ring is 1. The van der Waals surface area contributed by atoms with Gasteiger partial charge in [0.15, 0.2) is 0 Å². The van der Waals surface area contributed by atoms with E-state index in [0.717, 1.165) is 44.2 Å². The quantitative estimate of drug-likeness (QED) is 0.363. The molecule has 0 radical (unpaired) electrons. The summed E-state index contributed by atoms with van der Waals surface area (Å²) in [6.07, 6.45) is -0.305. The van der Waals surface area contributed by atoms with E-state index in [1.54, 1.807) is 0 Å². The van der Waals surface area contributed by atoms with Gasteiger partial charge in [0.25, 0.3) is 0 Å². The van der Waals surface area contributed by atoms with E-state index in [-0.39, 0.29) is 17.7 Å². The Hall–Kier alpha value is -3.14. The van der Waals surface area contributed by atoms with E-state index in [2.05, 4.69) is 21.1 Å². The van der Waals surface area contributed by atoms with Crippen molar-refractivity contribution >= 4 is 17.3 Å². The van der Waals surface area contributed by atoms with Crippen molar-refractivity contribution in [1.29, 1.82) is 0 Å². The lowest BCUT2D eigenvalue weighted by Gasteiger charge is -2.37. The number of piperidine rings is 2. The monoisotopic (exact) mass is 503 g/mol. The van der Waals surface area contributed by atoms with Crippen molar-refractivity contribution in [2.75, 3.05) is 39.0 Å². The average molecular weight is 504 g/mol. The summed E-state index contributed by atoms with van der Waals surface area (Å²) >= 11 is 0. The first-order valence-electron chi connectivity index (χ1n) is 12.2. The van der Waals surface area contributed by atoms with Gasteiger partial charge in [-0.15, -0.1) is 0 Å². The lowest BCUT2D eigenvalue weighted by molar-refractivity contribution is -0.141. The van der Waals surface area contributed by atoms with Gasteiger partial charge >= 0.3 is 6.18 Å². The Morgan fingerprint density at radius 3 is 2.36 bits per heavy atom. The minimum atomic E-state index is -4.49. The first kappa shape index (κ1) is 25.9. The molecule has 2 aliphatic heterocycles. The lowest BCUT2D eigenvalue weighted by Crippen LogP contribution is -2.46. The van der Waals surface area contributed by atoms with Gasteiger partial charge < -0.3 is 15.5 Å². The third-order valence-electron chi connectivity index (χ3n) is 7.03. The first-order valence-corrected chi connectivity index (χ1v) is 12.2. The van der Waals surface area contributed by atoms with Gasteiger partial charge in [-0.1, -0.05) is 17.3 Å². The van der Waals surface area contributed by atoms with Crippen LogP contribution in [0.3, 0.4) is 0 Å². The molecule has 0 atom stereocenters. The maximum absolute atomic E-state index is 13.2. The van der Waals surface area contributed by atoms with Crippen LogP contribution >= 0.6 is 0 Å². The van der Waals surface area contributed by atoms with Crippen LogP contribution in [0.5, 0.6) is 0 Å². The van der Waals surface area contributed by atoms with Crippen LogP contribution < -0.4 is 5.73 Å². The van der Waals surface area contributed by atoms with Gasteiger partial charge in [-0.3, -0.25) is 14.7 Å². The summed E-state index contributed by atoms with van der Waals surface area (Å²) in [6, 6.07) is 10.2. The molecule has 1 aromatic carbocycles. The van der Waals surface area contributed by atoms with E-state index < -0.39 is 11.9 Å². The Labute approximate surface area is 209 Å². The first-order chi connectivity index (χ1) is 17.2. The van der Waals surface area contributed by atoms with Crippen LogP contribution in [0.4, 0.5) is 18.9 Å². The molecular weight excluding hydrogens is 471 g/mol. The van der Waals surface area contributed by atoms with Gasteiger partial charge in [0, 0.05) is 48.9 Å².